The molecule has 0 saturated carbocycles. The third-order valence-corrected chi connectivity index (χ3v) is 1.64. The number of hydroxylamine groups is 1. The first-order valence-electron chi connectivity index (χ1n) is 4.37. The van der Waals surface area contributed by atoms with Gasteiger partial charge in [0.25, 0.3) is 6.48 Å². The summed E-state index contributed by atoms with van der Waals surface area (Å²) in [5.41, 5.74) is 3.58. The summed E-state index contributed by atoms with van der Waals surface area (Å²) in [7, 11) is 3.17. The van der Waals surface area contributed by atoms with E-state index in [-0.39, 0.29) is 0 Å². The lowest BCUT2D eigenvalue weighted by atomic mass is 10.2. The molecule has 0 bridgehead atoms. The maximum Gasteiger partial charge on any atom is 0.288 e. The van der Waals surface area contributed by atoms with Gasteiger partial charge in [-0.25, -0.2) is 10.3 Å². The van der Waals surface area contributed by atoms with Crippen LogP contribution in [0.5, 0.6) is 0 Å². The fourth-order valence-corrected chi connectivity index (χ4v) is 0.985. The molecule has 1 aromatic carbocycles. The minimum absolute atomic E-state index is 0.459. The minimum atomic E-state index is -0.680. The molecule has 4 nitrogen and oxygen atoms in total. The molecule has 0 aromatic heterocycles. The molecule has 0 fully saturated rings. The van der Waals surface area contributed by atoms with Crippen LogP contribution in [0, 0.1) is 0 Å². The smallest absolute Gasteiger partial charge is 0.288 e. The second kappa shape index (κ2) is 6.50. The van der Waals surface area contributed by atoms with Crippen molar-refractivity contribution in [2.45, 2.75) is 13.1 Å². The van der Waals surface area contributed by atoms with Gasteiger partial charge in [-0.1, -0.05) is 30.3 Å². The number of benzene rings is 1. The van der Waals surface area contributed by atoms with Gasteiger partial charge in [0.05, 0.1) is 6.61 Å². The van der Waals surface area contributed by atoms with E-state index in [1.165, 1.54) is 7.11 Å². The summed E-state index contributed by atoms with van der Waals surface area (Å²) >= 11 is 0. The topological polar surface area (TPSA) is 39.7 Å². The van der Waals surface area contributed by atoms with E-state index in [4.69, 9.17) is 14.3 Å². The zero-order valence-corrected chi connectivity index (χ0v) is 8.40. The summed E-state index contributed by atoms with van der Waals surface area (Å²) in [5.74, 6) is 0. The quantitative estimate of drug-likeness (QED) is 0.551. The Morgan fingerprint density at radius 1 is 1.29 bits per heavy atom. The van der Waals surface area contributed by atoms with Crippen LogP contribution < -0.4 is 5.48 Å². The van der Waals surface area contributed by atoms with Gasteiger partial charge in [-0.2, -0.15) is 0 Å². The first-order chi connectivity index (χ1) is 6.86. The number of nitrogens with one attached hydrogen (secondary N) is 1. The standard InChI is InChI=1S/C10H15NO3/c1-11-14-10(12-2)13-8-9-6-4-3-5-7-9/h3-7,10-11H,8H2,1-2H3. The van der Waals surface area contributed by atoms with Gasteiger partial charge in [-0.15, -0.1) is 0 Å². The van der Waals surface area contributed by atoms with Gasteiger partial charge in [-0.05, 0) is 5.56 Å². The van der Waals surface area contributed by atoms with Crippen molar-refractivity contribution in [2.75, 3.05) is 14.2 Å². The summed E-state index contributed by atoms with van der Waals surface area (Å²) in [4.78, 5) is 4.92. The maximum absolute atomic E-state index is 5.31. The molecular formula is C10H15NO3. The number of ether oxygens (including phenoxy) is 2. The molecule has 0 spiro atoms. The zero-order valence-electron chi connectivity index (χ0n) is 8.40. The Hall–Kier alpha value is -0.940. The minimum Gasteiger partial charge on any atom is -0.332 e. The molecule has 1 aromatic rings. The van der Waals surface area contributed by atoms with Crippen LogP contribution in [0.1, 0.15) is 5.56 Å². The predicted molar refractivity (Wildman–Crippen MR) is 52.2 cm³/mol. The van der Waals surface area contributed by atoms with Gasteiger partial charge in [-0.3, -0.25) is 0 Å². The molecule has 14 heavy (non-hydrogen) atoms. The molecule has 78 valence electrons. The highest BCUT2D eigenvalue weighted by Gasteiger charge is 2.06. The van der Waals surface area contributed by atoms with Gasteiger partial charge in [0.1, 0.15) is 0 Å². The third kappa shape index (κ3) is 3.85. The lowest BCUT2D eigenvalue weighted by Crippen LogP contribution is -2.25. The molecule has 0 amide bonds. The average Bonchev–Trinajstić information content (AvgIpc) is 2.25. The highest BCUT2D eigenvalue weighted by molar-refractivity contribution is 5.13. The van der Waals surface area contributed by atoms with E-state index < -0.39 is 6.48 Å². The normalized spacial score (nSPS) is 12.7. The van der Waals surface area contributed by atoms with E-state index in [2.05, 4.69) is 5.48 Å². The van der Waals surface area contributed by atoms with Crippen LogP contribution in [0.4, 0.5) is 0 Å². The Kier molecular flexibility index (Phi) is 5.17. The highest BCUT2D eigenvalue weighted by atomic mass is 16.9. The highest BCUT2D eigenvalue weighted by Crippen LogP contribution is 2.03. The van der Waals surface area contributed by atoms with E-state index in [1.54, 1.807) is 7.05 Å². The van der Waals surface area contributed by atoms with Crippen molar-refractivity contribution in [1.82, 2.24) is 5.48 Å². The van der Waals surface area contributed by atoms with Crippen molar-refractivity contribution in [3.63, 3.8) is 0 Å². The molecule has 1 atom stereocenters. The molecule has 1 rings (SSSR count). The van der Waals surface area contributed by atoms with Crippen molar-refractivity contribution in [2.24, 2.45) is 0 Å². The first kappa shape index (κ1) is 11.1. The largest absolute Gasteiger partial charge is 0.332 e. The number of hydrogen-bond acceptors (Lipinski definition) is 4. The van der Waals surface area contributed by atoms with Crippen LogP contribution in [-0.4, -0.2) is 20.6 Å². The molecule has 4 heteroatoms. The lowest BCUT2D eigenvalue weighted by Gasteiger charge is -2.14. The van der Waals surface area contributed by atoms with Crippen LogP contribution >= 0.6 is 0 Å². The average molecular weight is 197 g/mol. The molecule has 0 heterocycles. The van der Waals surface area contributed by atoms with Crippen molar-refractivity contribution >= 4 is 0 Å². The molecule has 1 N–H and O–H groups in total. The summed E-state index contributed by atoms with van der Waals surface area (Å²) in [6, 6.07) is 9.83. The molecule has 0 aliphatic rings. The summed E-state index contributed by atoms with van der Waals surface area (Å²) in [6.45, 7) is -0.221. The number of rotatable bonds is 6. The van der Waals surface area contributed by atoms with E-state index in [1.807, 2.05) is 30.3 Å². The van der Waals surface area contributed by atoms with E-state index >= 15 is 0 Å². The number of hydrogen-bond donors (Lipinski definition) is 1. The van der Waals surface area contributed by atoms with Gasteiger partial charge in [0.2, 0.25) is 0 Å². The monoisotopic (exact) mass is 197 g/mol. The maximum atomic E-state index is 5.31. The molecule has 0 aliphatic heterocycles. The predicted octanol–water partition coefficient (Wildman–Crippen LogP) is 1.28. The van der Waals surface area contributed by atoms with E-state index in [9.17, 15) is 0 Å². The molecule has 0 radical (unpaired) electrons. The van der Waals surface area contributed by atoms with Crippen molar-refractivity contribution in [3.8, 4) is 0 Å². The van der Waals surface area contributed by atoms with Gasteiger partial charge < -0.3 is 9.47 Å². The Balaban J connectivity index is 2.32. The Labute approximate surface area is 83.7 Å². The SMILES string of the molecule is CNOC(OC)OCc1ccccc1. The fraction of sp³-hybridized carbons (Fsp3) is 0.400. The van der Waals surface area contributed by atoms with E-state index in [0.29, 0.717) is 6.61 Å². The van der Waals surface area contributed by atoms with Crippen LogP contribution in [0.15, 0.2) is 30.3 Å². The van der Waals surface area contributed by atoms with Crippen LogP contribution in [0.2, 0.25) is 0 Å². The molecular weight excluding hydrogens is 182 g/mol. The Morgan fingerprint density at radius 3 is 2.57 bits per heavy atom. The van der Waals surface area contributed by atoms with Gasteiger partial charge >= 0.3 is 0 Å². The fourth-order valence-electron chi connectivity index (χ4n) is 0.985. The molecule has 1 unspecified atom stereocenters. The Bertz CT molecular complexity index is 240. The van der Waals surface area contributed by atoms with Gasteiger partial charge in [0, 0.05) is 14.2 Å². The Morgan fingerprint density at radius 2 is 2.00 bits per heavy atom. The summed E-state index contributed by atoms with van der Waals surface area (Å²) in [6.07, 6.45) is 0. The van der Waals surface area contributed by atoms with Crippen molar-refractivity contribution < 1.29 is 14.3 Å². The van der Waals surface area contributed by atoms with Crippen molar-refractivity contribution in [1.29, 1.82) is 0 Å². The second-order valence-electron chi connectivity index (χ2n) is 2.64. The summed E-state index contributed by atoms with van der Waals surface area (Å²) < 4.78 is 10.2. The van der Waals surface area contributed by atoms with Crippen LogP contribution in [-0.2, 0) is 20.9 Å². The van der Waals surface area contributed by atoms with Crippen LogP contribution in [0.25, 0.3) is 0 Å². The van der Waals surface area contributed by atoms with Crippen LogP contribution in [0.3, 0.4) is 0 Å². The zero-order chi connectivity index (χ0) is 10.2. The van der Waals surface area contributed by atoms with E-state index in [0.717, 1.165) is 5.56 Å². The second-order valence-corrected chi connectivity index (χ2v) is 2.64. The molecule has 0 saturated heterocycles. The lowest BCUT2D eigenvalue weighted by molar-refractivity contribution is -0.303. The summed E-state index contributed by atoms with van der Waals surface area (Å²) in [5, 5.41) is 0. The molecule has 0 aliphatic carbocycles. The first-order valence-corrected chi connectivity index (χ1v) is 4.37. The third-order valence-electron chi connectivity index (χ3n) is 1.64. The van der Waals surface area contributed by atoms with Gasteiger partial charge in [0.15, 0.2) is 0 Å². The van der Waals surface area contributed by atoms with Crippen molar-refractivity contribution in [3.05, 3.63) is 35.9 Å². The number of methoxy groups -OCH3 is 1.